The van der Waals surface area contributed by atoms with Crippen molar-refractivity contribution in [3.8, 4) is 0 Å². The SMILES string of the molecule is CC1=C(C(=O)Nc2c(F)cccc2F)[C@H](c2ccccc2)C2=C(C[C@@H](c3ccccc3)CC2=O)N1. The number of amides is 1. The van der Waals surface area contributed by atoms with Crippen LogP contribution < -0.4 is 10.6 Å². The number of dihydropyridines is 1. The van der Waals surface area contributed by atoms with Gasteiger partial charge < -0.3 is 10.6 Å². The van der Waals surface area contributed by atoms with Gasteiger partial charge in [0.2, 0.25) is 0 Å². The molecule has 35 heavy (non-hydrogen) atoms. The van der Waals surface area contributed by atoms with Crippen LogP contribution in [0.2, 0.25) is 0 Å². The maximum atomic E-state index is 14.3. The molecule has 0 saturated carbocycles. The molecule has 0 unspecified atom stereocenters. The molecule has 0 fully saturated rings. The van der Waals surface area contributed by atoms with Gasteiger partial charge in [0.25, 0.3) is 5.91 Å². The Bertz CT molecular complexity index is 1340. The van der Waals surface area contributed by atoms with Crippen LogP contribution in [-0.4, -0.2) is 11.7 Å². The zero-order valence-electron chi connectivity index (χ0n) is 19.1. The first kappa shape index (κ1) is 22.7. The molecule has 0 aromatic heterocycles. The smallest absolute Gasteiger partial charge is 0.254 e. The van der Waals surface area contributed by atoms with Crippen molar-refractivity contribution in [2.24, 2.45) is 0 Å². The number of nitrogens with one attached hydrogen (secondary N) is 2. The van der Waals surface area contributed by atoms with E-state index in [-0.39, 0.29) is 17.3 Å². The summed E-state index contributed by atoms with van der Waals surface area (Å²) in [5, 5.41) is 5.69. The number of anilines is 1. The average Bonchev–Trinajstić information content (AvgIpc) is 2.86. The molecule has 2 N–H and O–H groups in total. The Balaban J connectivity index is 1.56. The summed E-state index contributed by atoms with van der Waals surface area (Å²) in [6.45, 7) is 1.75. The molecule has 1 aliphatic carbocycles. The van der Waals surface area contributed by atoms with Gasteiger partial charge in [0, 0.05) is 34.9 Å². The first-order chi connectivity index (χ1) is 16.9. The van der Waals surface area contributed by atoms with Crippen LogP contribution in [0.1, 0.15) is 42.7 Å². The topological polar surface area (TPSA) is 58.2 Å². The molecule has 3 aromatic carbocycles. The summed E-state index contributed by atoms with van der Waals surface area (Å²) in [6.07, 6.45) is 0.951. The summed E-state index contributed by atoms with van der Waals surface area (Å²) in [6, 6.07) is 22.6. The van der Waals surface area contributed by atoms with Crippen LogP contribution in [0.5, 0.6) is 0 Å². The van der Waals surface area contributed by atoms with E-state index >= 15 is 0 Å². The van der Waals surface area contributed by atoms with Crippen molar-refractivity contribution in [2.45, 2.75) is 31.6 Å². The van der Waals surface area contributed by atoms with Gasteiger partial charge in [-0.3, -0.25) is 9.59 Å². The number of carbonyl (C=O) groups excluding carboxylic acids is 2. The van der Waals surface area contributed by atoms with Crippen LogP contribution in [0.3, 0.4) is 0 Å². The van der Waals surface area contributed by atoms with Crippen molar-refractivity contribution in [1.29, 1.82) is 0 Å². The van der Waals surface area contributed by atoms with E-state index in [9.17, 15) is 18.4 Å². The maximum absolute atomic E-state index is 14.3. The molecule has 3 aromatic rings. The van der Waals surface area contributed by atoms with E-state index in [1.54, 1.807) is 6.92 Å². The molecule has 2 aliphatic rings. The summed E-state index contributed by atoms with van der Waals surface area (Å²) in [5.74, 6) is -3.05. The van der Waals surface area contributed by atoms with Crippen molar-refractivity contribution in [2.75, 3.05) is 5.32 Å². The largest absolute Gasteiger partial charge is 0.362 e. The molecular weight excluding hydrogens is 446 g/mol. The lowest BCUT2D eigenvalue weighted by molar-refractivity contribution is -0.116. The third-order valence-corrected chi connectivity index (χ3v) is 6.68. The molecule has 1 heterocycles. The second-order valence-electron chi connectivity index (χ2n) is 8.89. The molecule has 0 bridgehead atoms. The minimum absolute atomic E-state index is 0.0297. The molecule has 176 valence electrons. The third-order valence-electron chi connectivity index (χ3n) is 6.68. The molecule has 5 rings (SSSR count). The predicted octanol–water partition coefficient (Wildman–Crippen LogP) is 5.97. The summed E-state index contributed by atoms with van der Waals surface area (Å²) >= 11 is 0. The molecule has 1 amide bonds. The van der Waals surface area contributed by atoms with Crippen molar-refractivity contribution in [3.63, 3.8) is 0 Å². The second kappa shape index (κ2) is 9.29. The zero-order chi connectivity index (χ0) is 24.5. The number of benzene rings is 3. The fourth-order valence-electron chi connectivity index (χ4n) is 5.08. The van der Waals surface area contributed by atoms with Gasteiger partial charge in [-0.1, -0.05) is 66.7 Å². The van der Waals surface area contributed by atoms with E-state index in [4.69, 9.17) is 0 Å². The van der Waals surface area contributed by atoms with Crippen molar-refractivity contribution in [1.82, 2.24) is 5.32 Å². The molecule has 0 saturated heterocycles. The number of rotatable bonds is 4. The highest BCUT2D eigenvalue weighted by molar-refractivity contribution is 6.10. The number of ketones is 1. The number of hydrogen-bond acceptors (Lipinski definition) is 3. The van der Waals surface area contributed by atoms with Gasteiger partial charge in [0.15, 0.2) is 5.78 Å². The summed E-state index contributed by atoms with van der Waals surface area (Å²) in [4.78, 5) is 27.0. The summed E-state index contributed by atoms with van der Waals surface area (Å²) < 4.78 is 28.6. The fraction of sp³-hybridized carbons (Fsp3) is 0.172. The zero-order valence-corrected chi connectivity index (χ0v) is 19.1. The highest BCUT2D eigenvalue weighted by atomic mass is 19.1. The quantitative estimate of drug-likeness (QED) is 0.494. The minimum Gasteiger partial charge on any atom is -0.362 e. The van der Waals surface area contributed by atoms with E-state index < -0.39 is 29.1 Å². The molecule has 6 heteroatoms. The Morgan fingerprint density at radius 2 is 1.46 bits per heavy atom. The van der Waals surface area contributed by atoms with E-state index in [1.165, 1.54) is 6.07 Å². The van der Waals surface area contributed by atoms with Gasteiger partial charge in [0.1, 0.15) is 17.3 Å². The number of Topliss-reactive ketones (excluding diaryl/α,β-unsaturated/α-hetero) is 1. The lowest BCUT2D eigenvalue weighted by atomic mass is 9.71. The van der Waals surface area contributed by atoms with Gasteiger partial charge in [-0.25, -0.2) is 8.78 Å². The molecule has 0 spiro atoms. The van der Waals surface area contributed by atoms with Gasteiger partial charge in [-0.05, 0) is 42.5 Å². The van der Waals surface area contributed by atoms with Crippen LogP contribution in [0.15, 0.2) is 101 Å². The second-order valence-corrected chi connectivity index (χ2v) is 8.89. The molecular formula is C29H24F2N2O2. The number of allylic oxidation sites excluding steroid dienone is 3. The molecule has 2 atom stereocenters. The van der Waals surface area contributed by atoms with Gasteiger partial charge >= 0.3 is 0 Å². The lowest BCUT2D eigenvalue weighted by Crippen LogP contribution is -2.37. The number of hydrogen-bond donors (Lipinski definition) is 2. The van der Waals surface area contributed by atoms with Crippen LogP contribution in [0, 0.1) is 11.6 Å². The van der Waals surface area contributed by atoms with Crippen molar-refractivity contribution in [3.05, 3.63) is 124 Å². The standard InChI is InChI=1S/C29H24F2N2O2/c1-17-25(29(35)33-28-21(30)13-8-14-22(28)31)26(19-11-6-3-7-12-19)27-23(32-17)15-20(16-24(27)34)18-9-4-2-5-10-18/h2-14,20,26,32H,15-16H2,1H3,(H,33,35)/t20-,26+/m1/s1. The Morgan fingerprint density at radius 3 is 2.09 bits per heavy atom. The Kier molecular flexibility index (Phi) is 6.03. The van der Waals surface area contributed by atoms with Crippen LogP contribution >= 0.6 is 0 Å². The molecule has 4 nitrogen and oxygen atoms in total. The van der Waals surface area contributed by atoms with Gasteiger partial charge in [-0.15, -0.1) is 0 Å². The molecule has 1 aliphatic heterocycles. The van der Waals surface area contributed by atoms with E-state index in [2.05, 4.69) is 10.6 Å². The Labute approximate surface area is 202 Å². The van der Waals surface area contributed by atoms with E-state index in [0.29, 0.717) is 24.1 Å². The number of carbonyl (C=O) groups is 2. The van der Waals surface area contributed by atoms with Crippen LogP contribution in [0.4, 0.5) is 14.5 Å². The summed E-state index contributed by atoms with van der Waals surface area (Å²) in [5.41, 5.74) is 3.49. The highest BCUT2D eigenvalue weighted by Crippen LogP contribution is 2.45. The minimum atomic E-state index is -0.865. The third kappa shape index (κ3) is 4.28. The van der Waals surface area contributed by atoms with Gasteiger partial charge in [0.05, 0.1) is 0 Å². The number of para-hydroxylation sites is 1. The average molecular weight is 471 g/mol. The first-order valence-corrected chi connectivity index (χ1v) is 11.5. The maximum Gasteiger partial charge on any atom is 0.254 e. The fourth-order valence-corrected chi connectivity index (χ4v) is 5.08. The van der Waals surface area contributed by atoms with Crippen molar-refractivity contribution >= 4 is 17.4 Å². The Hall–Kier alpha value is -4.06. The van der Waals surface area contributed by atoms with Crippen molar-refractivity contribution < 1.29 is 18.4 Å². The molecule has 0 radical (unpaired) electrons. The normalized spacial score (nSPS) is 19.8. The Morgan fingerprint density at radius 1 is 0.857 bits per heavy atom. The lowest BCUT2D eigenvalue weighted by Gasteiger charge is -2.37. The first-order valence-electron chi connectivity index (χ1n) is 11.5. The van der Waals surface area contributed by atoms with E-state index in [1.807, 2.05) is 60.7 Å². The van der Waals surface area contributed by atoms with Crippen LogP contribution in [-0.2, 0) is 9.59 Å². The predicted molar refractivity (Wildman–Crippen MR) is 130 cm³/mol. The van der Waals surface area contributed by atoms with Crippen LogP contribution in [0.25, 0.3) is 0 Å². The van der Waals surface area contributed by atoms with E-state index in [0.717, 1.165) is 29.0 Å². The highest BCUT2D eigenvalue weighted by Gasteiger charge is 2.41. The number of halogens is 2. The summed E-state index contributed by atoms with van der Waals surface area (Å²) in [7, 11) is 0. The monoisotopic (exact) mass is 470 g/mol. The van der Waals surface area contributed by atoms with Gasteiger partial charge in [-0.2, -0.15) is 0 Å².